The first-order chi connectivity index (χ1) is 24.0. The monoisotopic (exact) mass is 629 g/mol. The van der Waals surface area contributed by atoms with Gasteiger partial charge in [0, 0.05) is 62.5 Å². The van der Waals surface area contributed by atoms with Crippen LogP contribution in [0.4, 0.5) is 45.5 Å². The number of rotatable bonds is 7. The minimum absolute atomic E-state index is 0.523. The Morgan fingerprint density at radius 1 is 0.531 bits per heavy atom. The van der Waals surface area contributed by atoms with E-state index < -0.39 is 0 Å². The molecule has 0 fully saturated rings. The summed E-state index contributed by atoms with van der Waals surface area (Å²) in [5.41, 5.74) is 9.29. The predicted octanol–water partition coefficient (Wildman–Crippen LogP) is 11.6. The molecule has 7 heteroatoms. The van der Waals surface area contributed by atoms with Crippen molar-refractivity contribution in [2.45, 2.75) is 13.5 Å². The molecule has 0 unspecified atom stereocenters. The Kier molecular flexibility index (Phi) is 7.94. The lowest BCUT2D eigenvalue weighted by Crippen LogP contribution is -2.10. The van der Waals surface area contributed by atoms with Crippen molar-refractivity contribution < 1.29 is 0 Å². The number of hydrogen-bond acceptors (Lipinski definition) is 4. The first kappa shape index (κ1) is 30.3. The summed E-state index contributed by atoms with van der Waals surface area (Å²) in [6.07, 6.45) is 0. The van der Waals surface area contributed by atoms with E-state index in [1.54, 1.807) is 24.3 Å². The first-order valence-corrected chi connectivity index (χ1v) is 15.7. The topological polar surface area (TPSA) is 67.7 Å². The van der Waals surface area contributed by atoms with Crippen molar-refractivity contribution in [1.82, 2.24) is 4.57 Å². The standard InChI is InChI=1S/C42H27N7/c1-4-47-41-19-17-37(48(33-13-5-9-29(21-33)27-43)35-15-7-11-31(23-35)45-2)25-39(41)40-26-38(18-20-42(40)47)49(34-14-6-10-30(22-34)28-44)36-16-8-12-32(24-36)46-3/h5-26H,4H2,1H3. The zero-order valence-electron chi connectivity index (χ0n) is 26.5. The average Bonchev–Trinajstić information content (AvgIpc) is 3.47. The Morgan fingerprint density at radius 2 is 0.918 bits per heavy atom. The summed E-state index contributed by atoms with van der Waals surface area (Å²) >= 11 is 0. The van der Waals surface area contributed by atoms with E-state index in [-0.39, 0.29) is 0 Å². The third-order valence-corrected chi connectivity index (χ3v) is 8.57. The molecule has 0 aliphatic heterocycles. The van der Waals surface area contributed by atoms with Crippen LogP contribution in [0, 0.1) is 35.8 Å². The van der Waals surface area contributed by atoms with Crippen LogP contribution < -0.4 is 9.80 Å². The zero-order valence-corrected chi connectivity index (χ0v) is 26.5. The van der Waals surface area contributed by atoms with Crippen molar-refractivity contribution in [1.29, 1.82) is 10.5 Å². The lowest BCUT2D eigenvalue weighted by atomic mass is 10.1. The van der Waals surface area contributed by atoms with Gasteiger partial charge < -0.3 is 14.4 Å². The molecule has 0 saturated carbocycles. The molecule has 49 heavy (non-hydrogen) atoms. The summed E-state index contributed by atoms with van der Waals surface area (Å²) in [4.78, 5) is 11.5. The number of nitriles is 2. The molecular weight excluding hydrogens is 603 g/mol. The highest BCUT2D eigenvalue weighted by atomic mass is 15.2. The van der Waals surface area contributed by atoms with E-state index in [0.717, 1.165) is 62.5 Å². The van der Waals surface area contributed by atoms with Gasteiger partial charge in [-0.05, 0) is 104 Å². The van der Waals surface area contributed by atoms with Crippen molar-refractivity contribution in [2.24, 2.45) is 0 Å². The Hall–Kier alpha value is -7.32. The highest BCUT2D eigenvalue weighted by Gasteiger charge is 2.20. The zero-order chi connectivity index (χ0) is 33.9. The minimum atomic E-state index is 0.523. The second kappa shape index (κ2) is 12.8. The predicted molar refractivity (Wildman–Crippen MR) is 196 cm³/mol. The van der Waals surface area contributed by atoms with Crippen LogP contribution in [-0.4, -0.2) is 4.57 Å². The molecule has 230 valence electrons. The Labute approximate surface area is 284 Å². The summed E-state index contributed by atoms with van der Waals surface area (Å²) in [5, 5.41) is 21.5. The molecule has 0 bridgehead atoms. The maximum absolute atomic E-state index is 9.71. The Balaban J connectivity index is 1.47. The van der Waals surface area contributed by atoms with Crippen molar-refractivity contribution in [3.63, 3.8) is 0 Å². The van der Waals surface area contributed by atoms with Crippen molar-refractivity contribution in [3.05, 3.63) is 167 Å². The van der Waals surface area contributed by atoms with Crippen LogP contribution >= 0.6 is 0 Å². The lowest BCUT2D eigenvalue weighted by molar-refractivity contribution is 0.827. The van der Waals surface area contributed by atoms with E-state index in [2.05, 4.69) is 79.5 Å². The van der Waals surface area contributed by atoms with E-state index >= 15 is 0 Å². The van der Waals surface area contributed by atoms with Crippen LogP contribution in [0.2, 0.25) is 0 Å². The molecule has 1 heterocycles. The minimum Gasteiger partial charge on any atom is -0.341 e. The molecule has 0 aliphatic carbocycles. The Morgan fingerprint density at radius 3 is 1.31 bits per heavy atom. The maximum atomic E-state index is 9.71. The molecule has 0 radical (unpaired) electrons. The summed E-state index contributed by atoms with van der Waals surface area (Å²) < 4.78 is 2.29. The summed E-state index contributed by atoms with van der Waals surface area (Å²) in [5.74, 6) is 0. The highest BCUT2D eigenvalue weighted by Crippen LogP contribution is 2.43. The molecule has 6 aromatic carbocycles. The van der Waals surface area contributed by atoms with Gasteiger partial charge in [-0.25, -0.2) is 9.69 Å². The van der Waals surface area contributed by atoms with Gasteiger partial charge in [0.1, 0.15) is 0 Å². The number of hydrogen-bond donors (Lipinski definition) is 0. The van der Waals surface area contributed by atoms with E-state index in [9.17, 15) is 10.5 Å². The van der Waals surface area contributed by atoms with E-state index in [0.29, 0.717) is 22.5 Å². The van der Waals surface area contributed by atoms with Crippen LogP contribution in [0.25, 0.3) is 31.5 Å². The SMILES string of the molecule is [C-]#[N+]c1cccc(N(c2cccc(C#N)c2)c2ccc3c(c2)c2cc(N(c4cccc(C#N)c4)c4cccc([N+]#[C-])c4)ccc2n3CC)c1. The lowest BCUT2D eigenvalue weighted by Gasteiger charge is -2.26. The Bertz CT molecular complexity index is 2280. The van der Waals surface area contributed by atoms with Gasteiger partial charge in [-0.15, -0.1) is 0 Å². The van der Waals surface area contributed by atoms with Gasteiger partial charge in [0.05, 0.1) is 36.4 Å². The first-order valence-electron chi connectivity index (χ1n) is 15.7. The van der Waals surface area contributed by atoms with Gasteiger partial charge in [-0.2, -0.15) is 10.5 Å². The number of benzene rings is 6. The van der Waals surface area contributed by atoms with Crippen molar-refractivity contribution in [3.8, 4) is 12.1 Å². The van der Waals surface area contributed by atoms with Gasteiger partial charge in [0.15, 0.2) is 11.4 Å². The summed E-state index contributed by atoms with van der Waals surface area (Å²) in [7, 11) is 0. The molecule has 7 aromatic rings. The molecule has 0 spiro atoms. The number of aryl methyl sites for hydroxylation is 1. The fourth-order valence-corrected chi connectivity index (χ4v) is 6.43. The van der Waals surface area contributed by atoms with Gasteiger partial charge in [-0.3, -0.25) is 0 Å². The summed E-state index contributed by atoms with van der Waals surface area (Å²) in [6, 6.07) is 47.1. The molecular formula is C42H27N7. The molecule has 0 aliphatic rings. The highest BCUT2D eigenvalue weighted by molar-refractivity contribution is 6.11. The molecule has 0 amide bonds. The number of fused-ring (bicyclic) bond motifs is 3. The van der Waals surface area contributed by atoms with Crippen LogP contribution in [0.1, 0.15) is 18.1 Å². The average molecular weight is 630 g/mol. The van der Waals surface area contributed by atoms with Gasteiger partial charge in [0.2, 0.25) is 0 Å². The number of nitrogens with zero attached hydrogens (tertiary/aromatic N) is 7. The number of aromatic nitrogens is 1. The van der Waals surface area contributed by atoms with Crippen LogP contribution in [0.3, 0.4) is 0 Å². The molecule has 7 rings (SSSR count). The molecule has 7 nitrogen and oxygen atoms in total. The third-order valence-electron chi connectivity index (χ3n) is 8.57. The number of anilines is 6. The third kappa shape index (κ3) is 5.55. The van der Waals surface area contributed by atoms with Crippen LogP contribution in [0.15, 0.2) is 133 Å². The normalized spacial score (nSPS) is 10.6. The summed E-state index contributed by atoms with van der Waals surface area (Å²) in [6.45, 7) is 18.2. The van der Waals surface area contributed by atoms with Gasteiger partial charge in [0.25, 0.3) is 0 Å². The molecule has 0 N–H and O–H groups in total. The van der Waals surface area contributed by atoms with Crippen LogP contribution in [-0.2, 0) is 6.54 Å². The van der Waals surface area contributed by atoms with Gasteiger partial charge in [-0.1, -0.05) is 36.4 Å². The van der Waals surface area contributed by atoms with E-state index in [4.69, 9.17) is 13.1 Å². The van der Waals surface area contributed by atoms with Gasteiger partial charge >= 0.3 is 0 Å². The largest absolute Gasteiger partial charge is 0.341 e. The fraction of sp³-hybridized carbons (Fsp3) is 0.0476. The second-order valence-corrected chi connectivity index (χ2v) is 11.4. The second-order valence-electron chi connectivity index (χ2n) is 11.4. The molecule has 0 saturated heterocycles. The van der Waals surface area contributed by atoms with E-state index in [1.807, 2.05) is 72.8 Å². The van der Waals surface area contributed by atoms with Crippen molar-refractivity contribution in [2.75, 3.05) is 9.80 Å². The molecule has 1 aromatic heterocycles. The smallest absolute Gasteiger partial charge is 0.189 e. The van der Waals surface area contributed by atoms with Crippen LogP contribution in [0.5, 0.6) is 0 Å². The fourth-order valence-electron chi connectivity index (χ4n) is 6.43. The van der Waals surface area contributed by atoms with Crippen molar-refractivity contribution >= 4 is 67.3 Å². The van der Waals surface area contributed by atoms with E-state index in [1.165, 1.54) is 0 Å². The molecule has 0 atom stereocenters. The quantitative estimate of drug-likeness (QED) is 0.165. The maximum Gasteiger partial charge on any atom is 0.189 e.